The molecule has 0 radical (unpaired) electrons. The lowest BCUT2D eigenvalue weighted by Gasteiger charge is -2.34. The van der Waals surface area contributed by atoms with E-state index in [1.807, 2.05) is 18.7 Å². The molecule has 1 aromatic carbocycles. The van der Waals surface area contributed by atoms with Gasteiger partial charge in [-0.15, -0.1) is 0 Å². The molecule has 0 bridgehead atoms. The van der Waals surface area contributed by atoms with Crippen LogP contribution in [0.4, 0.5) is 4.39 Å². The van der Waals surface area contributed by atoms with Gasteiger partial charge in [-0.05, 0) is 31.0 Å². The summed E-state index contributed by atoms with van der Waals surface area (Å²) in [7, 11) is 0. The molecule has 0 spiro atoms. The van der Waals surface area contributed by atoms with Crippen LogP contribution in [0.3, 0.4) is 0 Å². The maximum absolute atomic E-state index is 13.1. The van der Waals surface area contributed by atoms with Gasteiger partial charge in [0.1, 0.15) is 5.82 Å². The molecule has 0 saturated carbocycles. The highest BCUT2D eigenvalue weighted by Crippen LogP contribution is 2.05. The zero-order valence-corrected chi connectivity index (χ0v) is 16.5. The molecule has 1 fully saturated rings. The van der Waals surface area contributed by atoms with Crippen LogP contribution >= 0.6 is 0 Å². The van der Waals surface area contributed by atoms with Gasteiger partial charge in [0.25, 0.3) is 0 Å². The van der Waals surface area contributed by atoms with Crippen LogP contribution < -0.4 is 10.6 Å². The number of piperazine rings is 1. The summed E-state index contributed by atoms with van der Waals surface area (Å²) in [6, 6.07) is 6.00. The molecule has 1 aliphatic heterocycles. The number of carbonyl (C=O) groups is 3. The SMILES string of the molecule is CCC(C)NC(=O)CN1CCN(C(=O)CNC(=O)Cc2cccc(F)c2)CC1. The van der Waals surface area contributed by atoms with E-state index in [0.717, 1.165) is 6.42 Å². The van der Waals surface area contributed by atoms with Crippen molar-refractivity contribution in [2.24, 2.45) is 0 Å². The van der Waals surface area contributed by atoms with E-state index in [2.05, 4.69) is 10.6 Å². The molecule has 1 unspecified atom stereocenters. The molecule has 1 atom stereocenters. The number of nitrogens with one attached hydrogen (secondary N) is 2. The summed E-state index contributed by atoms with van der Waals surface area (Å²) in [6.45, 7) is 6.53. The summed E-state index contributed by atoms with van der Waals surface area (Å²) in [4.78, 5) is 39.9. The average molecular weight is 392 g/mol. The quantitative estimate of drug-likeness (QED) is 0.677. The molecule has 28 heavy (non-hydrogen) atoms. The van der Waals surface area contributed by atoms with E-state index in [-0.39, 0.29) is 36.7 Å². The number of nitrogens with zero attached hydrogens (tertiary/aromatic N) is 2. The van der Waals surface area contributed by atoms with Crippen molar-refractivity contribution in [1.82, 2.24) is 20.4 Å². The number of benzene rings is 1. The molecule has 7 nitrogen and oxygen atoms in total. The van der Waals surface area contributed by atoms with Gasteiger partial charge in [-0.3, -0.25) is 19.3 Å². The third-order valence-electron chi connectivity index (χ3n) is 4.80. The molecule has 1 saturated heterocycles. The fraction of sp³-hybridized carbons (Fsp3) is 0.550. The van der Waals surface area contributed by atoms with E-state index < -0.39 is 5.82 Å². The predicted molar refractivity (Wildman–Crippen MR) is 104 cm³/mol. The highest BCUT2D eigenvalue weighted by molar-refractivity contribution is 5.85. The topological polar surface area (TPSA) is 81.8 Å². The molecule has 0 aromatic heterocycles. The first-order chi connectivity index (χ1) is 13.4. The van der Waals surface area contributed by atoms with E-state index in [4.69, 9.17) is 0 Å². The van der Waals surface area contributed by atoms with Crippen LogP contribution in [0.5, 0.6) is 0 Å². The van der Waals surface area contributed by atoms with E-state index in [9.17, 15) is 18.8 Å². The van der Waals surface area contributed by atoms with E-state index in [1.165, 1.54) is 12.1 Å². The summed E-state index contributed by atoms with van der Waals surface area (Å²) in [6.07, 6.45) is 0.920. The first-order valence-electron chi connectivity index (χ1n) is 9.68. The van der Waals surface area contributed by atoms with E-state index in [0.29, 0.717) is 38.3 Å². The Morgan fingerprint density at radius 3 is 2.50 bits per heavy atom. The lowest BCUT2D eigenvalue weighted by atomic mass is 10.1. The highest BCUT2D eigenvalue weighted by Gasteiger charge is 2.22. The molecule has 3 amide bonds. The van der Waals surface area contributed by atoms with Crippen molar-refractivity contribution in [3.05, 3.63) is 35.6 Å². The maximum Gasteiger partial charge on any atom is 0.242 e. The Balaban J connectivity index is 1.67. The summed E-state index contributed by atoms with van der Waals surface area (Å²) in [5, 5.41) is 5.52. The lowest BCUT2D eigenvalue weighted by Crippen LogP contribution is -2.53. The minimum atomic E-state index is -0.392. The number of amides is 3. The molecule has 2 rings (SSSR count). The van der Waals surface area contributed by atoms with Gasteiger partial charge < -0.3 is 15.5 Å². The Morgan fingerprint density at radius 2 is 1.86 bits per heavy atom. The maximum atomic E-state index is 13.1. The Bertz CT molecular complexity index is 690. The molecule has 0 aliphatic carbocycles. The van der Waals surface area contributed by atoms with Crippen molar-refractivity contribution < 1.29 is 18.8 Å². The predicted octanol–water partition coefficient (Wildman–Crippen LogP) is 0.543. The number of rotatable bonds is 8. The number of halogens is 1. The standard InChI is InChI=1S/C20H29FN4O3/c1-3-15(2)23-19(27)14-24-7-9-25(10-8-24)20(28)13-22-18(26)12-16-5-4-6-17(21)11-16/h4-6,11,15H,3,7-10,12-14H2,1-2H3,(H,22,26)(H,23,27). The van der Waals surface area contributed by atoms with Gasteiger partial charge in [0.2, 0.25) is 17.7 Å². The second-order valence-electron chi connectivity index (χ2n) is 7.12. The zero-order valence-electron chi connectivity index (χ0n) is 16.5. The van der Waals surface area contributed by atoms with Crippen LogP contribution in [-0.4, -0.2) is 72.8 Å². The summed E-state index contributed by atoms with van der Waals surface area (Å²) in [5.74, 6) is -0.869. The molecule has 2 N–H and O–H groups in total. The van der Waals surface area contributed by atoms with Gasteiger partial charge in [0, 0.05) is 32.2 Å². The smallest absolute Gasteiger partial charge is 0.242 e. The van der Waals surface area contributed by atoms with Gasteiger partial charge in [0.15, 0.2) is 0 Å². The minimum absolute atomic E-state index is 0.00117. The largest absolute Gasteiger partial charge is 0.353 e. The Kier molecular flexibility index (Phi) is 8.38. The average Bonchev–Trinajstić information content (AvgIpc) is 2.66. The fourth-order valence-electron chi connectivity index (χ4n) is 2.96. The van der Waals surface area contributed by atoms with Gasteiger partial charge >= 0.3 is 0 Å². The second kappa shape index (κ2) is 10.8. The monoisotopic (exact) mass is 392 g/mol. The van der Waals surface area contributed by atoms with Gasteiger partial charge in [-0.2, -0.15) is 0 Å². The molecule has 8 heteroatoms. The highest BCUT2D eigenvalue weighted by atomic mass is 19.1. The van der Waals surface area contributed by atoms with Crippen molar-refractivity contribution in [2.75, 3.05) is 39.3 Å². The molecule has 1 aromatic rings. The zero-order chi connectivity index (χ0) is 20.5. The van der Waals surface area contributed by atoms with Crippen LogP contribution in [0.2, 0.25) is 0 Å². The van der Waals surface area contributed by atoms with Crippen LogP contribution in [0.25, 0.3) is 0 Å². The van der Waals surface area contributed by atoms with Crippen molar-refractivity contribution >= 4 is 17.7 Å². The van der Waals surface area contributed by atoms with Crippen LogP contribution in [0, 0.1) is 5.82 Å². The fourth-order valence-corrected chi connectivity index (χ4v) is 2.96. The normalized spacial score (nSPS) is 15.8. The van der Waals surface area contributed by atoms with Crippen molar-refractivity contribution in [3.8, 4) is 0 Å². The first-order valence-corrected chi connectivity index (χ1v) is 9.68. The summed E-state index contributed by atoms with van der Waals surface area (Å²) >= 11 is 0. The van der Waals surface area contributed by atoms with Gasteiger partial charge in [0.05, 0.1) is 19.5 Å². The van der Waals surface area contributed by atoms with E-state index in [1.54, 1.807) is 17.0 Å². The third-order valence-corrected chi connectivity index (χ3v) is 4.80. The van der Waals surface area contributed by atoms with E-state index >= 15 is 0 Å². The number of carbonyl (C=O) groups excluding carboxylic acids is 3. The van der Waals surface area contributed by atoms with Crippen LogP contribution in [0.1, 0.15) is 25.8 Å². The molecular formula is C20H29FN4O3. The minimum Gasteiger partial charge on any atom is -0.353 e. The second-order valence-corrected chi connectivity index (χ2v) is 7.12. The Hall–Kier alpha value is -2.48. The van der Waals surface area contributed by atoms with Crippen molar-refractivity contribution in [2.45, 2.75) is 32.7 Å². The molecule has 154 valence electrons. The molecule has 1 heterocycles. The van der Waals surface area contributed by atoms with Gasteiger partial charge in [-0.25, -0.2) is 4.39 Å². The van der Waals surface area contributed by atoms with Gasteiger partial charge in [-0.1, -0.05) is 19.1 Å². The van der Waals surface area contributed by atoms with Crippen molar-refractivity contribution in [3.63, 3.8) is 0 Å². The lowest BCUT2D eigenvalue weighted by molar-refractivity contribution is -0.134. The molecular weight excluding hydrogens is 363 g/mol. The first kappa shape index (κ1) is 21.8. The summed E-state index contributed by atoms with van der Waals surface area (Å²) in [5.41, 5.74) is 0.564. The Morgan fingerprint density at radius 1 is 1.14 bits per heavy atom. The number of hydrogen-bond donors (Lipinski definition) is 2. The third kappa shape index (κ3) is 7.26. The van der Waals surface area contributed by atoms with Crippen LogP contribution in [0.15, 0.2) is 24.3 Å². The molecule has 1 aliphatic rings. The summed E-state index contributed by atoms with van der Waals surface area (Å²) < 4.78 is 13.1. The Labute approximate surface area is 165 Å². The number of hydrogen-bond acceptors (Lipinski definition) is 4. The van der Waals surface area contributed by atoms with Crippen LogP contribution in [-0.2, 0) is 20.8 Å². The van der Waals surface area contributed by atoms with Crippen molar-refractivity contribution in [1.29, 1.82) is 0 Å².